The van der Waals surface area contributed by atoms with Crippen LogP contribution in [0.4, 0.5) is 0 Å². The van der Waals surface area contributed by atoms with Crippen LogP contribution in [0.1, 0.15) is 32.0 Å². The number of nitrogens with one attached hydrogen (secondary N) is 1. The summed E-state index contributed by atoms with van der Waals surface area (Å²) >= 11 is 0. The molecule has 0 bridgehead atoms. The summed E-state index contributed by atoms with van der Waals surface area (Å²) in [5, 5.41) is 0. The minimum absolute atomic E-state index is 0.380. The summed E-state index contributed by atoms with van der Waals surface area (Å²) in [6.07, 6.45) is 7.76. The number of aromatic nitrogens is 1. The van der Waals surface area contributed by atoms with E-state index in [9.17, 15) is 0 Å². The lowest BCUT2D eigenvalue weighted by Gasteiger charge is -2.30. The molecule has 2 rings (SSSR count). The van der Waals surface area contributed by atoms with Crippen molar-refractivity contribution in [1.82, 2.24) is 4.98 Å². The smallest absolute Gasteiger partial charge is 0.0409 e. The molecule has 1 nitrogen and oxygen atoms in total. The van der Waals surface area contributed by atoms with E-state index in [0.29, 0.717) is 11.3 Å². The molecule has 1 aromatic rings. The zero-order valence-corrected chi connectivity index (χ0v) is 8.59. The second-order valence-corrected chi connectivity index (χ2v) is 4.95. The average Bonchev–Trinajstić information content (AvgIpc) is 2.47. The number of H-pyrrole nitrogens is 1. The van der Waals surface area contributed by atoms with E-state index in [0.717, 1.165) is 0 Å². The third-order valence-electron chi connectivity index (χ3n) is 2.92. The molecule has 0 saturated heterocycles. The van der Waals surface area contributed by atoms with Crippen LogP contribution in [0.3, 0.4) is 0 Å². The molecule has 1 unspecified atom stereocenters. The van der Waals surface area contributed by atoms with Crippen LogP contribution < -0.4 is 0 Å². The molecular weight excluding hydrogens is 158 g/mol. The van der Waals surface area contributed by atoms with E-state index in [4.69, 9.17) is 0 Å². The number of allylic oxidation sites excluding steroid dienone is 1. The maximum Gasteiger partial charge on any atom is 0.0409 e. The van der Waals surface area contributed by atoms with Gasteiger partial charge in [0.15, 0.2) is 0 Å². The lowest BCUT2D eigenvalue weighted by Crippen LogP contribution is -2.22. The Morgan fingerprint density at radius 2 is 2.15 bits per heavy atom. The maximum atomic E-state index is 3.24. The van der Waals surface area contributed by atoms with E-state index in [1.54, 1.807) is 0 Å². The molecule has 1 atom stereocenters. The fraction of sp³-hybridized carbons (Fsp3) is 0.500. The Hall–Kier alpha value is -0.980. The standard InChI is InChI=1S/C12H17N/c1-12(2,3)10-4-5-11-9(8-10)6-7-13-11/h4-7,10,13H,8H2,1-3H3. The van der Waals surface area contributed by atoms with Crippen molar-refractivity contribution in [3.63, 3.8) is 0 Å². The second kappa shape index (κ2) is 2.76. The van der Waals surface area contributed by atoms with E-state index in [2.05, 4.69) is 44.0 Å². The summed E-state index contributed by atoms with van der Waals surface area (Å²) in [5.41, 5.74) is 3.13. The van der Waals surface area contributed by atoms with Crippen LogP contribution in [0.2, 0.25) is 0 Å². The van der Waals surface area contributed by atoms with Crippen molar-refractivity contribution in [2.75, 3.05) is 0 Å². The molecular formula is C12H17N. The minimum atomic E-state index is 0.380. The summed E-state index contributed by atoms with van der Waals surface area (Å²) in [4.78, 5) is 3.24. The fourth-order valence-corrected chi connectivity index (χ4v) is 1.86. The molecule has 0 aromatic carbocycles. The zero-order chi connectivity index (χ0) is 9.47. The van der Waals surface area contributed by atoms with Crippen molar-refractivity contribution < 1.29 is 0 Å². The molecule has 1 heteroatoms. The van der Waals surface area contributed by atoms with Crippen LogP contribution in [-0.2, 0) is 6.42 Å². The Bertz CT molecular complexity index is 325. The van der Waals surface area contributed by atoms with Crippen molar-refractivity contribution in [3.8, 4) is 0 Å². The van der Waals surface area contributed by atoms with E-state index in [-0.39, 0.29) is 0 Å². The maximum absolute atomic E-state index is 3.24. The van der Waals surface area contributed by atoms with Gasteiger partial charge < -0.3 is 4.98 Å². The molecule has 13 heavy (non-hydrogen) atoms. The van der Waals surface area contributed by atoms with Gasteiger partial charge in [-0.1, -0.05) is 26.8 Å². The van der Waals surface area contributed by atoms with Gasteiger partial charge in [0.05, 0.1) is 0 Å². The minimum Gasteiger partial charge on any atom is -0.361 e. The van der Waals surface area contributed by atoms with Gasteiger partial charge in [-0.25, -0.2) is 0 Å². The van der Waals surface area contributed by atoms with E-state index >= 15 is 0 Å². The topological polar surface area (TPSA) is 15.8 Å². The Balaban J connectivity index is 2.26. The highest BCUT2D eigenvalue weighted by Crippen LogP contribution is 2.34. The first kappa shape index (κ1) is 8.61. The number of hydrogen-bond acceptors (Lipinski definition) is 0. The van der Waals surface area contributed by atoms with Gasteiger partial charge in [0.25, 0.3) is 0 Å². The number of fused-ring (bicyclic) bond motifs is 1. The van der Waals surface area contributed by atoms with Gasteiger partial charge in [0.1, 0.15) is 0 Å². The van der Waals surface area contributed by atoms with Crippen LogP contribution >= 0.6 is 0 Å². The number of rotatable bonds is 0. The molecule has 0 saturated carbocycles. The van der Waals surface area contributed by atoms with Crippen molar-refractivity contribution in [1.29, 1.82) is 0 Å². The third kappa shape index (κ3) is 1.55. The molecule has 1 aromatic heterocycles. The number of hydrogen-bond donors (Lipinski definition) is 1. The second-order valence-electron chi connectivity index (χ2n) is 4.95. The molecule has 0 spiro atoms. The molecule has 70 valence electrons. The van der Waals surface area contributed by atoms with Gasteiger partial charge in [0, 0.05) is 11.9 Å². The predicted molar refractivity (Wildman–Crippen MR) is 56.5 cm³/mol. The average molecular weight is 175 g/mol. The van der Waals surface area contributed by atoms with Gasteiger partial charge >= 0.3 is 0 Å². The molecule has 1 N–H and O–H groups in total. The van der Waals surface area contributed by atoms with Crippen molar-refractivity contribution in [2.45, 2.75) is 27.2 Å². The largest absolute Gasteiger partial charge is 0.361 e. The van der Waals surface area contributed by atoms with Crippen LogP contribution in [0.15, 0.2) is 18.3 Å². The van der Waals surface area contributed by atoms with Crippen molar-refractivity contribution in [2.24, 2.45) is 11.3 Å². The van der Waals surface area contributed by atoms with Crippen molar-refractivity contribution >= 4 is 6.08 Å². The highest BCUT2D eigenvalue weighted by atomic mass is 14.7. The quantitative estimate of drug-likeness (QED) is 0.623. The van der Waals surface area contributed by atoms with Crippen LogP contribution in [0, 0.1) is 11.3 Å². The molecule has 0 fully saturated rings. The molecule has 0 amide bonds. The van der Waals surface area contributed by atoms with Gasteiger partial charge in [-0.2, -0.15) is 0 Å². The molecule has 1 aliphatic rings. The third-order valence-corrected chi connectivity index (χ3v) is 2.92. The highest BCUT2D eigenvalue weighted by Gasteiger charge is 2.25. The van der Waals surface area contributed by atoms with Crippen LogP contribution in [0.5, 0.6) is 0 Å². The van der Waals surface area contributed by atoms with Crippen molar-refractivity contribution in [3.05, 3.63) is 29.6 Å². The summed E-state index contributed by atoms with van der Waals surface area (Å²) in [6.45, 7) is 6.92. The lowest BCUT2D eigenvalue weighted by atomic mass is 9.75. The predicted octanol–water partition coefficient (Wildman–Crippen LogP) is 3.25. The summed E-state index contributed by atoms with van der Waals surface area (Å²) in [6, 6.07) is 2.19. The highest BCUT2D eigenvalue weighted by molar-refractivity contribution is 5.53. The summed E-state index contributed by atoms with van der Waals surface area (Å²) < 4.78 is 0. The van der Waals surface area contributed by atoms with Gasteiger partial charge in [-0.15, -0.1) is 0 Å². The van der Waals surface area contributed by atoms with E-state index in [1.807, 2.05) is 6.20 Å². The normalized spacial score (nSPS) is 21.6. The monoisotopic (exact) mass is 175 g/mol. The number of aromatic amines is 1. The van der Waals surface area contributed by atoms with Gasteiger partial charge in [-0.05, 0) is 35.5 Å². The van der Waals surface area contributed by atoms with E-state index < -0.39 is 0 Å². The first-order chi connectivity index (χ1) is 6.07. The Morgan fingerprint density at radius 3 is 2.85 bits per heavy atom. The van der Waals surface area contributed by atoms with Crippen LogP contribution in [0.25, 0.3) is 6.08 Å². The van der Waals surface area contributed by atoms with Gasteiger partial charge in [0.2, 0.25) is 0 Å². The Labute approximate surface area is 79.9 Å². The van der Waals surface area contributed by atoms with Crippen LogP contribution in [-0.4, -0.2) is 4.98 Å². The molecule has 0 aliphatic heterocycles. The molecule has 0 radical (unpaired) electrons. The zero-order valence-electron chi connectivity index (χ0n) is 8.59. The molecule has 1 aliphatic carbocycles. The first-order valence-electron chi connectivity index (χ1n) is 4.92. The Morgan fingerprint density at radius 1 is 1.38 bits per heavy atom. The first-order valence-corrected chi connectivity index (χ1v) is 4.92. The van der Waals surface area contributed by atoms with E-state index in [1.165, 1.54) is 17.7 Å². The SMILES string of the molecule is CC(C)(C)C1C=Cc2[nH]ccc2C1. The summed E-state index contributed by atoms with van der Waals surface area (Å²) in [5.74, 6) is 0.677. The molecule has 1 heterocycles. The lowest BCUT2D eigenvalue weighted by molar-refractivity contribution is 0.290. The Kier molecular flexibility index (Phi) is 1.83. The van der Waals surface area contributed by atoms with Gasteiger partial charge in [-0.3, -0.25) is 0 Å². The summed E-state index contributed by atoms with van der Waals surface area (Å²) in [7, 11) is 0. The fourth-order valence-electron chi connectivity index (χ4n) is 1.86.